The van der Waals surface area contributed by atoms with E-state index in [1.807, 2.05) is 12.1 Å². The third-order valence-electron chi connectivity index (χ3n) is 4.06. The minimum absolute atomic E-state index is 0.0739. The fourth-order valence-corrected chi connectivity index (χ4v) is 2.80. The predicted octanol–water partition coefficient (Wildman–Crippen LogP) is 3.72. The Morgan fingerprint density at radius 3 is 2.65 bits per heavy atom. The van der Waals surface area contributed by atoms with Gasteiger partial charge in [-0.2, -0.15) is 13.2 Å². The zero-order chi connectivity index (χ0) is 18.3. The van der Waals surface area contributed by atoms with E-state index in [4.69, 9.17) is 0 Å². The van der Waals surface area contributed by atoms with E-state index in [-0.39, 0.29) is 17.3 Å². The second-order valence-corrected chi connectivity index (χ2v) is 5.75. The van der Waals surface area contributed by atoms with Crippen LogP contribution in [0.4, 0.5) is 19.0 Å². The van der Waals surface area contributed by atoms with Crippen LogP contribution in [0.1, 0.15) is 21.5 Å². The van der Waals surface area contributed by atoms with Crippen molar-refractivity contribution in [3.05, 3.63) is 71.7 Å². The van der Waals surface area contributed by atoms with Crippen LogP contribution in [-0.2, 0) is 12.7 Å². The second-order valence-electron chi connectivity index (χ2n) is 5.75. The summed E-state index contributed by atoms with van der Waals surface area (Å²) in [4.78, 5) is 25.9. The zero-order valence-electron chi connectivity index (χ0n) is 13.2. The van der Waals surface area contributed by atoms with Gasteiger partial charge in [0.25, 0.3) is 5.91 Å². The van der Waals surface area contributed by atoms with Crippen molar-refractivity contribution in [2.45, 2.75) is 12.7 Å². The van der Waals surface area contributed by atoms with Crippen LogP contribution in [0.25, 0.3) is 11.4 Å². The Balaban J connectivity index is 1.70. The maximum Gasteiger partial charge on any atom is 0.417 e. The summed E-state index contributed by atoms with van der Waals surface area (Å²) in [5, 5.41) is 0. The number of amides is 1. The Hall–Kier alpha value is -3.29. The number of halogens is 3. The van der Waals surface area contributed by atoms with Gasteiger partial charge in [-0.05, 0) is 23.8 Å². The largest absolute Gasteiger partial charge is 0.417 e. The van der Waals surface area contributed by atoms with Gasteiger partial charge < -0.3 is 0 Å². The number of pyridine rings is 1. The lowest BCUT2D eigenvalue weighted by molar-refractivity contribution is -0.137. The smallest absolute Gasteiger partial charge is 0.288 e. The van der Waals surface area contributed by atoms with Crippen molar-refractivity contribution >= 4 is 11.7 Å². The van der Waals surface area contributed by atoms with Crippen molar-refractivity contribution < 1.29 is 18.0 Å². The number of fused-ring (bicyclic) bond motifs is 1. The van der Waals surface area contributed by atoms with Crippen LogP contribution in [0.15, 0.2) is 55.0 Å². The average molecular weight is 356 g/mol. The van der Waals surface area contributed by atoms with Gasteiger partial charge in [0.05, 0.1) is 12.1 Å². The lowest BCUT2D eigenvalue weighted by Gasteiger charge is -2.15. The summed E-state index contributed by atoms with van der Waals surface area (Å²) in [6.45, 7) is 0.353. The van der Waals surface area contributed by atoms with Crippen LogP contribution in [0, 0.1) is 0 Å². The SMILES string of the molecule is O=C1c2ccccc2CN1c1ccnc(-c2cncc(C(F)(F)F)c2)n1. The van der Waals surface area contributed by atoms with Gasteiger partial charge >= 0.3 is 6.18 Å². The molecule has 0 aliphatic carbocycles. The fourth-order valence-electron chi connectivity index (χ4n) is 2.80. The molecule has 0 saturated heterocycles. The molecule has 5 nitrogen and oxygen atoms in total. The van der Waals surface area contributed by atoms with E-state index in [9.17, 15) is 18.0 Å². The summed E-state index contributed by atoms with van der Waals surface area (Å²) in [5.41, 5.74) is 0.714. The average Bonchev–Trinajstić information content (AvgIpc) is 2.98. The molecule has 0 radical (unpaired) electrons. The first-order chi connectivity index (χ1) is 12.4. The molecule has 1 aliphatic heterocycles. The highest BCUT2D eigenvalue weighted by molar-refractivity contribution is 6.09. The molecule has 8 heteroatoms. The number of aromatic nitrogens is 3. The van der Waals surface area contributed by atoms with Crippen molar-refractivity contribution in [2.24, 2.45) is 0 Å². The molecule has 1 aromatic carbocycles. The lowest BCUT2D eigenvalue weighted by Crippen LogP contribution is -2.24. The molecule has 4 rings (SSSR count). The third kappa shape index (κ3) is 2.79. The molecule has 0 atom stereocenters. The van der Waals surface area contributed by atoms with Crippen molar-refractivity contribution in [1.82, 2.24) is 15.0 Å². The normalized spacial score (nSPS) is 13.8. The molecule has 0 bridgehead atoms. The molecule has 3 heterocycles. The molecule has 0 spiro atoms. The number of alkyl halides is 3. The summed E-state index contributed by atoms with van der Waals surface area (Å²) >= 11 is 0. The Kier molecular flexibility index (Phi) is 3.68. The summed E-state index contributed by atoms with van der Waals surface area (Å²) in [6, 6.07) is 9.69. The standard InChI is InChI=1S/C18H11F3N4O/c19-18(20,21)13-7-12(8-22-9-13)16-23-6-5-15(24-16)25-10-11-3-1-2-4-14(11)17(25)26/h1-9H,10H2. The Bertz CT molecular complexity index is 1000. The van der Waals surface area contributed by atoms with Crippen LogP contribution in [0.2, 0.25) is 0 Å². The number of hydrogen-bond donors (Lipinski definition) is 0. The van der Waals surface area contributed by atoms with Gasteiger partial charge in [0.2, 0.25) is 0 Å². The second kappa shape index (κ2) is 5.91. The number of nitrogens with zero attached hydrogens (tertiary/aromatic N) is 4. The van der Waals surface area contributed by atoms with E-state index >= 15 is 0 Å². The first-order valence-electron chi connectivity index (χ1n) is 7.69. The van der Waals surface area contributed by atoms with Gasteiger partial charge in [0.1, 0.15) is 5.82 Å². The molecule has 2 aromatic heterocycles. The molecular weight excluding hydrogens is 345 g/mol. The van der Waals surface area contributed by atoms with Crippen LogP contribution in [-0.4, -0.2) is 20.9 Å². The number of carbonyl (C=O) groups is 1. The maximum atomic E-state index is 12.9. The monoisotopic (exact) mass is 356 g/mol. The van der Waals surface area contributed by atoms with E-state index in [1.165, 1.54) is 17.3 Å². The van der Waals surface area contributed by atoms with Crippen LogP contribution in [0.5, 0.6) is 0 Å². The molecule has 0 unspecified atom stereocenters. The van der Waals surface area contributed by atoms with Gasteiger partial charge in [-0.1, -0.05) is 18.2 Å². The summed E-state index contributed by atoms with van der Waals surface area (Å²) in [5.74, 6) is 0.200. The Labute approximate surface area is 146 Å². The Morgan fingerprint density at radius 1 is 1.08 bits per heavy atom. The molecular formula is C18H11F3N4O. The van der Waals surface area contributed by atoms with Crippen LogP contribution < -0.4 is 4.90 Å². The topological polar surface area (TPSA) is 59.0 Å². The van der Waals surface area contributed by atoms with Gasteiger partial charge in [-0.15, -0.1) is 0 Å². The minimum atomic E-state index is -4.51. The number of anilines is 1. The Morgan fingerprint density at radius 2 is 1.88 bits per heavy atom. The molecule has 0 saturated carbocycles. The van der Waals surface area contributed by atoms with E-state index in [1.54, 1.807) is 18.2 Å². The molecule has 0 N–H and O–H groups in total. The maximum absolute atomic E-state index is 12.9. The van der Waals surface area contributed by atoms with Gasteiger partial charge in [0, 0.05) is 29.7 Å². The molecule has 0 fully saturated rings. The molecule has 1 aliphatic rings. The molecule has 1 amide bonds. The number of rotatable bonds is 2. The number of benzene rings is 1. The number of carbonyl (C=O) groups excluding carboxylic acids is 1. The van der Waals surface area contributed by atoms with Crippen molar-refractivity contribution in [3.63, 3.8) is 0 Å². The van der Waals surface area contributed by atoms with Crippen LogP contribution in [0.3, 0.4) is 0 Å². The highest BCUT2D eigenvalue weighted by atomic mass is 19.4. The van der Waals surface area contributed by atoms with E-state index in [2.05, 4.69) is 15.0 Å². The summed E-state index contributed by atoms with van der Waals surface area (Å²) < 4.78 is 38.6. The third-order valence-corrected chi connectivity index (χ3v) is 4.06. The lowest BCUT2D eigenvalue weighted by atomic mass is 10.1. The summed E-state index contributed by atoms with van der Waals surface area (Å²) in [6.07, 6.45) is -1.09. The quantitative estimate of drug-likeness (QED) is 0.702. The number of hydrogen-bond acceptors (Lipinski definition) is 4. The highest BCUT2D eigenvalue weighted by Crippen LogP contribution is 2.31. The van der Waals surface area contributed by atoms with Crippen molar-refractivity contribution in [2.75, 3.05) is 4.90 Å². The van der Waals surface area contributed by atoms with Gasteiger partial charge in [-0.25, -0.2) is 9.97 Å². The van der Waals surface area contributed by atoms with Crippen molar-refractivity contribution in [1.29, 1.82) is 0 Å². The molecule has 130 valence electrons. The highest BCUT2D eigenvalue weighted by Gasteiger charge is 2.32. The minimum Gasteiger partial charge on any atom is -0.288 e. The van der Waals surface area contributed by atoms with Gasteiger partial charge in [0.15, 0.2) is 5.82 Å². The van der Waals surface area contributed by atoms with E-state index < -0.39 is 11.7 Å². The zero-order valence-corrected chi connectivity index (χ0v) is 13.2. The molecule has 26 heavy (non-hydrogen) atoms. The predicted molar refractivity (Wildman–Crippen MR) is 87.2 cm³/mol. The first kappa shape index (κ1) is 16.2. The van der Waals surface area contributed by atoms with Crippen molar-refractivity contribution in [3.8, 4) is 11.4 Å². The first-order valence-corrected chi connectivity index (χ1v) is 7.69. The van der Waals surface area contributed by atoms with Gasteiger partial charge in [-0.3, -0.25) is 14.7 Å². The molecule has 3 aromatic rings. The van der Waals surface area contributed by atoms with E-state index in [0.29, 0.717) is 17.9 Å². The van der Waals surface area contributed by atoms with E-state index in [0.717, 1.165) is 17.8 Å². The van der Waals surface area contributed by atoms with Crippen LogP contribution >= 0.6 is 0 Å². The summed E-state index contributed by atoms with van der Waals surface area (Å²) in [7, 11) is 0. The fraction of sp³-hybridized carbons (Fsp3) is 0.111.